The Bertz CT molecular complexity index is 277. The average Bonchev–Trinajstić information content (AvgIpc) is 2.62. The van der Waals surface area contributed by atoms with E-state index in [1.807, 2.05) is 0 Å². The summed E-state index contributed by atoms with van der Waals surface area (Å²) in [6.07, 6.45) is -4.65. The number of nitrogens with zero attached hydrogens (tertiary/aromatic N) is 1. The Morgan fingerprint density at radius 3 is 2.47 bits per heavy atom. The predicted molar refractivity (Wildman–Crippen MR) is 42.8 cm³/mol. The van der Waals surface area contributed by atoms with Gasteiger partial charge >= 0.3 is 18.1 Å². The van der Waals surface area contributed by atoms with E-state index in [-0.39, 0.29) is 19.5 Å². The van der Waals surface area contributed by atoms with Gasteiger partial charge in [-0.15, -0.1) is 0 Å². The van der Waals surface area contributed by atoms with E-state index in [2.05, 4.69) is 4.74 Å². The van der Waals surface area contributed by atoms with Gasteiger partial charge in [-0.05, 0) is 6.42 Å². The molecule has 0 N–H and O–H groups in total. The Morgan fingerprint density at radius 1 is 1.40 bits per heavy atom. The van der Waals surface area contributed by atoms with E-state index in [9.17, 15) is 22.8 Å². The van der Waals surface area contributed by atoms with Crippen molar-refractivity contribution in [2.24, 2.45) is 5.92 Å². The molecule has 1 amide bonds. The molecule has 7 heteroatoms. The molecular formula is C8H10F3NO3. The molecular weight excluding hydrogens is 215 g/mol. The largest absolute Gasteiger partial charge is 0.471 e. The van der Waals surface area contributed by atoms with Gasteiger partial charge in [0.25, 0.3) is 0 Å². The van der Waals surface area contributed by atoms with Crippen LogP contribution in [-0.4, -0.2) is 43.2 Å². The third-order valence-electron chi connectivity index (χ3n) is 2.25. The fraction of sp³-hybridized carbons (Fsp3) is 0.750. The number of halogens is 3. The van der Waals surface area contributed by atoms with E-state index < -0.39 is 24.0 Å². The maximum atomic E-state index is 12.0. The van der Waals surface area contributed by atoms with E-state index in [4.69, 9.17) is 0 Å². The van der Waals surface area contributed by atoms with Gasteiger partial charge in [-0.25, -0.2) is 0 Å². The zero-order valence-corrected chi connectivity index (χ0v) is 8.00. The van der Waals surface area contributed by atoms with Crippen LogP contribution < -0.4 is 0 Å². The molecule has 86 valence electrons. The highest BCUT2D eigenvalue weighted by Gasteiger charge is 2.45. The second kappa shape index (κ2) is 4.08. The van der Waals surface area contributed by atoms with Crippen LogP contribution in [0.5, 0.6) is 0 Å². The molecule has 1 heterocycles. The molecule has 0 aliphatic carbocycles. The number of carbonyl (C=O) groups excluding carboxylic acids is 2. The van der Waals surface area contributed by atoms with Gasteiger partial charge in [-0.1, -0.05) is 0 Å². The molecule has 1 saturated heterocycles. The lowest BCUT2D eigenvalue weighted by atomic mass is 10.1. The highest BCUT2D eigenvalue weighted by Crippen LogP contribution is 2.24. The molecule has 0 radical (unpaired) electrons. The summed E-state index contributed by atoms with van der Waals surface area (Å²) in [5, 5.41) is 0. The number of esters is 1. The van der Waals surface area contributed by atoms with Gasteiger partial charge in [0.05, 0.1) is 13.0 Å². The summed E-state index contributed by atoms with van der Waals surface area (Å²) in [5.74, 6) is -3.11. The Balaban J connectivity index is 2.57. The minimum Gasteiger partial charge on any atom is -0.469 e. The van der Waals surface area contributed by atoms with Gasteiger partial charge in [0.15, 0.2) is 0 Å². The quantitative estimate of drug-likeness (QED) is 0.613. The molecule has 4 nitrogen and oxygen atoms in total. The highest BCUT2D eigenvalue weighted by molar-refractivity contribution is 5.83. The van der Waals surface area contributed by atoms with Crippen molar-refractivity contribution in [3.8, 4) is 0 Å². The van der Waals surface area contributed by atoms with Crippen LogP contribution in [0, 0.1) is 5.92 Å². The fourth-order valence-electron chi connectivity index (χ4n) is 1.48. The third kappa shape index (κ3) is 2.60. The van der Waals surface area contributed by atoms with Crippen LogP contribution in [0.3, 0.4) is 0 Å². The number of ether oxygens (including phenoxy) is 1. The molecule has 0 saturated carbocycles. The van der Waals surface area contributed by atoms with Crippen molar-refractivity contribution in [1.82, 2.24) is 4.90 Å². The first kappa shape index (κ1) is 11.8. The van der Waals surface area contributed by atoms with Gasteiger partial charge in [0, 0.05) is 13.1 Å². The van der Waals surface area contributed by atoms with Crippen molar-refractivity contribution in [1.29, 1.82) is 0 Å². The predicted octanol–water partition coefficient (Wildman–Crippen LogP) is 0.570. The minimum absolute atomic E-state index is 0.0574. The van der Waals surface area contributed by atoms with Crippen LogP contribution in [0.4, 0.5) is 13.2 Å². The van der Waals surface area contributed by atoms with Crippen LogP contribution in [0.15, 0.2) is 0 Å². The third-order valence-corrected chi connectivity index (χ3v) is 2.25. The zero-order valence-electron chi connectivity index (χ0n) is 8.00. The van der Waals surface area contributed by atoms with E-state index in [1.165, 1.54) is 0 Å². The van der Waals surface area contributed by atoms with E-state index in [0.717, 1.165) is 7.11 Å². The zero-order chi connectivity index (χ0) is 11.6. The topological polar surface area (TPSA) is 46.6 Å². The maximum Gasteiger partial charge on any atom is 0.471 e. The lowest BCUT2D eigenvalue weighted by Crippen LogP contribution is -2.40. The minimum atomic E-state index is -4.87. The second-order valence-electron chi connectivity index (χ2n) is 3.26. The molecule has 1 atom stereocenters. The number of hydrogen-bond acceptors (Lipinski definition) is 3. The van der Waals surface area contributed by atoms with Crippen LogP contribution in [0.25, 0.3) is 0 Å². The standard InChI is InChI=1S/C8H10F3NO3/c1-15-6(13)5-2-3-12(4-5)7(14)8(9,10)11/h5H,2-4H2,1H3. The average molecular weight is 225 g/mol. The van der Waals surface area contributed by atoms with Crippen LogP contribution in [0.2, 0.25) is 0 Å². The Morgan fingerprint density at radius 2 is 2.00 bits per heavy atom. The molecule has 0 bridgehead atoms. The van der Waals surface area contributed by atoms with Crippen molar-refractivity contribution < 1.29 is 27.5 Å². The molecule has 1 rings (SSSR count). The smallest absolute Gasteiger partial charge is 0.469 e. The van der Waals surface area contributed by atoms with Crippen LogP contribution in [0.1, 0.15) is 6.42 Å². The molecule has 0 aromatic heterocycles. The van der Waals surface area contributed by atoms with Gasteiger partial charge in [0.1, 0.15) is 0 Å². The van der Waals surface area contributed by atoms with Crippen molar-refractivity contribution in [2.45, 2.75) is 12.6 Å². The second-order valence-corrected chi connectivity index (χ2v) is 3.26. The van der Waals surface area contributed by atoms with Crippen molar-refractivity contribution in [2.75, 3.05) is 20.2 Å². The number of carbonyl (C=O) groups is 2. The van der Waals surface area contributed by atoms with Gasteiger partial charge in [0.2, 0.25) is 0 Å². The number of methoxy groups -OCH3 is 1. The van der Waals surface area contributed by atoms with E-state index in [1.54, 1.807) is 0 Å². The number of rotatable bonds is 1. The fourth-order valence-corrected chi connectivity index (χ4v) is 1.48. The summed E-state index contributed by atoms with van der Waals surface area (Å²) in [7, 11) is 1.16. The molecule has 1 aliphatic rings. The molecule has 0 aromatic carbocycles. The van der Waals surface area contributed by atoms with Gasteiger partial charge in [-0.2, -0.15) is 13.2 Å². The Hall–Kier alpha value is -1.27. The summed E-state index contributed by atoms with van der Waals surface area (Å²) < 4.78 is 40.4. The summed E-state index contributed by atoms with van der Waals surface area (Å²) in [6.45, 7) is -0.275. The summed E-state index contributed by atoms with van der Waals surface area (Å²) in [4.78, 5) is 22.4. The van der Waals surface area contributed by atoms with E-state index in [0.29, 0.717) is 4.90 Å². The van der Waals surface area contributed by atoms with E-state index >= 15 is 0 Å². The van der Waals surface area contributed by atoms with Crippen molar-refractivity contribution in [3.05, 3.63) is 0 Å². The summed E-state index contributed by atoms with van der Waals surface area (Å²) in [5.41, 5.74) is 0. The number of likely N-dealkylation sites (tertiary alicyclic amines) is 1. The monoisotopic (exact) mass is 225 g/mol. The summed E-state index contributed by atoms with van der Waals surface area (Å²) in [6, 6.07) is 0. The number of amides is 1. The first-order valence-electron chi connectivity index (χ1n) is 4.30. The normalized spacial score (nSPS) is 21.6. The number of alkyl halides is 3. The van der Waals surface area contributed by atoms with Crippen LogP contribution >= 0.6 is 0 Å². The Labute approximate surface area is 84.0 Å². The lowest BCUT2D eigenvalue weighted by molar-refractivity contribution is -0.184. The first-order valence-corrected chi connectivity index (χ1v) is 4.30. The maximum absolute atomic E-state index is 12.0. The molecule has 0 spiro atoms. The van der Waals surface area contributed by atoms with Crippen molar-refractivity contribution in [3.63, 3.8) is 0 Å². The molecule has 1 aliphatic heterocycles. The molecule has 1 fully saturated rings. The van der Waals surface area contributed by atoms with Crippen LogP contribution in [-0.2, 0) is 14.3 Å². The first-order chi connectivity index (χ1) is 6.86. The summed E-state index contributed by atoms with van der Waals surface area (Å²) >= 11 is 0. The van der Waals surface area contributed by atoms with Gasteiger partial charge in [-0.3, -0.25) is 9.59 Å². The lowest BCUT2D eigenvalue weighted by Gasteiger charge is -2.17. The highest BCUT2D eigenvalue weighted by atomic mass is 19.4. The van der Waals surface area contributed by atoms with Crippen molar-refractivity contribution >= 4 is 11.9 Å². The SMILES string of the molecule is COC(=O)C1CCN(C(=O)C(F)(F)F)C1. The Kier molecular flexibility index (Phi) is 3.21. The van der Waals surface area contributed by atoms with Gasteiger partial charge < -0.3 is 9.64 Å². The molecule has 0 aromatic rings. The molecule has 1 unspecified atom stereocenters. The molecule has 15 heavy (non-hydrogen) atoms. The number of hydrogen-bond donors (Lipinski definition) is 0.